The van der Waals surface area contributed by atoms with Gasteiger partial charge in [-0.05, 0) is 55.5 Å². The fourth-order valence-corrected chi connectivity index (χ4v) is 4.34. The maximum absolute atomic E-state index is 13.0. The van der Waals surface area contributed by atoms with Crippen molar-refractivity contribution < 1.29 is 23.9 Å². The average molecular weight is 501 g/mol. The molecule has 7 nitrogen and oxygen atoms in total. The van der Waals surface area contributed by atoms with Crippen LogP contribution in [-0.4, -0.2) is 35.7 Å². The van der Waals surface area contributed by atoms with Gasteiger partial charge >= 0.3 is 12.1 Å². The lowest BCUT2D eigenvalue weighted by atomic mass is 9.98. The zero-order valence-corrected chi connectivity index (χ0v) is 21.5. The van der Waals surface area contributed by atoms with Crippen molar-refractivity contribution in [3.05, 3.63) is 95.6 Å². The maximum atomic E-state index is 13.0. The van der Waals surface area contributed by atoms with E-state index < -0.39 is 29.0 Å². The number of benzene rings is 3. The Morgan fingerprint density at radius 3 is 1.84 bits per heavy atom. The van der Waals surface area contributed by atoms with E-state index in [1.807, 2.05) is 66.7 Å². The minimum atomic E-state index is -1.33. The Labute approximate surface area is 217 Å². The molecular weight excluding hydrogens is 468 g/mol. The topological polar surface area (TPSA) is 93.7 Å². The number of hydrogen-bond acceptors (Lipinski definition) is 5. The minimum absolute atomic E-state index is 0.0894. The molecule has 0 saturated carbocycles. The van der Waals surface area contributed by atoms with Crippen LogP contribution in [0.4, 0.5) is 4.79 Å². The van der Waals surface area contributed by atoms with Crippen molar-refractivity contribution in [1.29, 1.82) is 0 Å². The molecule has 0 atom stereocenters. The lowest BCUT2D eigenvalue weighted by molar-refractivity contribution is -0.154. The van der Waals surface area contributed by atoms with Crippen LogP contribution >= 0.6 is 0 Å². The van der Waals surface area contributed by atoms with E-state index >= 15 is 0 Å². The third kappa shape index (κ3) is 5.82. The zero-order chi connectivity index (χ0) is 26.6. The van der Waals surface area contributed by atoms with Gasteiger partial charge in [0.1, 0.15) is 24.3 Å². The minimum Gasteiger partial charge on any atom is -0.459 e. The van der Waals surface area contributed by atoms with Crippen LogP contribution in [0.2, 0.25) is 0 Å². The molecule has 0 spiro atoms. The highest BCUT2D eigenvalue weighted by atomic mass is 16.5. The molecule has 0 saturated heterocycles. The second-order valence-electron chi connectivity index (χ2n) is 10.2. The van der Waals surface area contributed by atoms with Crippen LogP contribution in [0.25, 0.3) is 11.1 Å². The summed E-state index contributed by atoms with van der Waals surface area (Å²) in [7, 11) is 0. The van der Waals surface area contributed by atoms with Crippen LogP contribution in [0.15, 0.2) is 78.9 Å². The molecule has 0 aromatic heterocycles. The predicted molar refractivity (Wildman–Crippen MR) is 141 cm³/mol. The number of carbonyl (C=O) groups is 3. The highest BCUT2D eigenvalue weighted by molar-refractivity contribution is 5.93. The molecule has 0 bridgehead atoms. The SMILES string of the molecule is CC(C)(NC(=O)OCC1c2ccccc2-c2ccccc21)C(=O)NC(C)(C)C(=O)OCc1ccccc1. The summed E-state index contributed by atoms with van der Waals surface area (Å²) < 4.78 is 10.9. The number of fused-ring (bicyclic) bond motifs is 3. The van der Waals surface area contributed by atoms with Crippen LogP contribution in [-0.2, 0) is 25.7 Å². The first kappa shape index (κ1) is 25.9. The summed E-state index contributed by atoms with van der Waals surface area (Å²) in [5, 5.41) is 5.30. The fraction of sp³-hybridized carbons (Fsp3) is 0.300. The Morgan fingerprint density at radius 2 is 1.24 bits per heavy atom. The number of ether oxygens (including phenoxy) is 2. The van der Waals surface area contributed by atoms with Crippen molar-refractivity contribution in [2.75, 3.05) is 6.61 Å². The largest absolute Gasteiger partial charge is 0.459 e. The van der Waals surface area contributed by atoms with E-state index in [-0.39, 0.29) is 19.1 Å². The summed E-state index contributed by atoms with van der Waals surface area (Å²) in [6, 6.07) is 25.4. The molecule has 1 aliphatic carbocycles. The fourth-order valence-electron chi connectivity index (χ4n) is 4.34. The smallest absolute Gasteiger partial charge is 0.408 e. The summed E-state index contributed by atoms with van der Waals surface area (Å²) in [5.74, 6) is -1.21. The lowest BCUT2D eigenvalue weighted by Gasteiger charge is -2.31. The van der Waals surface area contributed by atoms with Crippen molar-refractivity contribution in [2.24, 2.45) is 0 Å². The molecule has 2 N–H and O–H groups in total. The first-order chi connectivity index (χ1) is 17.6. The molecular formula is C30H32N2O5. The van der Waals surface area contributed by atoms with Gasteiger partial charge in [-0.15, -0.1) is 0 Å². The summed E-state index contributed by atoms with van der Waals surface area (Å²) in [4.78, 5) is 38.3. The van der Waals surface area contributed by atoms with Crippen molar-refractivity contribution in [3.8, 4) is 11.1 Å². The van der Waals surface area contributed by atoms with Gasteiger partial charge in [-0.2, -0.15) is 0 Å². The Bertz CT molecular complexity index is 1250. The van der Waals surface area contributed by atoms with Crippen molar-refractivity contribution in [2.45, 2.75) is 51.3 Å². The predicted octanol–water partition coefficient (Wildman–Crippen LogP) is 4.94. The zero-order valence-electron chi connectivity index (χ0n) is 21.5. The second kappa shape index (κ2) is 10.5. The molecule has 192 valence electrons. The molecule has 4 rings (SSSR count). The standard InChI is InChI=1S/C30H32N2O5/c1-29(2,26(33)31-30(3,4)27(34)36-18-20-12-6-5-7-13-20)32-28(35)37-19-25-23-16-10-8-14-21(23)22-15-9-11-17-24(22)25/h5-17,25H,18-19H2,1-4H3,(H,31,33)(H,32,35). The molecule has 2 amide bonds. The molecule has 0 heterocycles. The van der Waals surface area contributed by atoms with Crippen molar-refractivity contribution in [3.63, 3.8) is 0 Å². The molecule has 3 aromatic rings. The monoisotopic (exact) mass is 500 g/mol. The Kier molecular flexibility index (Phi) is 7.34. The van der Waals surface area contributed by atoms with Crippen molar-refractivity contribution >= 4 is 18.0 Å². The van der Waals surface area contributed by atoms with Crippen LogP contribution in [0.3, 0.4) is 0 Å². The maximum Gasteiger partial charge on any atom is 0.408 e. The van der Waals surface area contributed by atoms with E-state index in [1.165, 1.54) is 0 Å². The van der Waals surface area contributed by atoms with Gasteiger partial charge in [0, 0.05) is 5.92 Å². The number of hydrogen-bond donors (Lipinski definition) is 2. The molecule has 0 fully saturated rings. The highest BCUT2D eigenvalue weighted by Crippen LogP contribution is 2.44. The molecule has 0 unspecified atom stereocenters. The summed E-state index contributed by atoms with van der Waals surface area (Å²) in [6.45, 7) is 6.45. The van der Waals surface area contributed by atoms with E-state index in [9.17, 15) is 14.4 Å². The van der Waals surface area contributed by atoms with Crippen LogP contribution in [0.5, 0.6) is 0 Å². The second-order valence-corrected chi connectivity index (χ2v) is 10.2. The molecule has 1 aliphatic rings. The van der Waals surface area contributed by atoms with E-state index in [2.05, 4.69) is 22.8 Å². The number of rotatable bonds is 8. The first-order valence-corrected chi connectivity index (χ1v) is 12.3. The number of amides is 2. The summed E-state index contributed by atoms with van der Waals surface area (Å²) in [6.07, 6.45) is -0.716. The third-order valence-electron chi connectivity index (χ3n) is 6.47. The molecule has 7 heteroatoms. The molecule has 37 heavy (non-hydrogen) atoms. The van der Waals surface area contributed by atoms with Gasteiger partial charge in [0.15, 0.2) is 0 Å². The Balaban J connectivity index is 1.33. The van der Waals surface area contributed by atoms with Gasteiger partial charge in [0.2, 0.25) is 5.91 Å². The quantitative estimate of drug-likeness (QED) is 0.427. The van der Waals surface area contributed by atoms with Crippen LogP contribution in [0.1, 0.15) is 50.3 Å². The van der Waals surface area contributed by atoms with E-state index in [0.717, 1.165) is 27.8 Å². The number of alkyl carbamates (subject to hydrolysis) is 1. The number of esters is 1. The summed E-state index contributed by atoms with van der Waals surface area (Å²) in [5.41, 5.74) is 2.68. The Morgan fingerprint density at radius 1 is 0.703 bits per heavy atom. The Hall–Kier alpha value is -4.13. The van der Waals surface area contributed by atoms with Crippen molar-refractivity contribution in [1.82, 2.24) is 10.6 Å². The lowest BCUT2D eigenvalue weighted by Crippen LogP contribution is -2.61. The number of nitrogens with one attached hydrogen (secondary N) is 2. The normalized spacial score (nSPS) is 12.8. The van der Waals surface area contributed by atoms with Gasteiger partial charge in [0.05, 0.1) is 0 Å². The van der Waals surface area contributed by atoms with E-state index in [4.69, 9.17) is 9.47 Å². The molecule has 0 aliphatic heterocycles. The number of carbonyl (C=O) groups excluding carboxylic acids is 3. The average Bonchev–Trinajstić information content (AvgIpc) is 3.19. The molecule has 0 radical (unpaired) electrons. The van der Waals surface area contributed by atoms with E-state index in [0.29, 0.717) is 0 Å². The van der Waals surface area contributed by atoms with E-state index in [1.54, 1.807) is 27.7 Å². The van der Waals surface area contributed by atoms with Gasteiger partial charge in [-0.25, -0.2) is 9.59 Å². The third-order valence-corrected chi connectivity index (χ3v) is 6.47. The van der Waals surface area contributed by atoms with Crippen LogP contribution in [0, 0.1) is 0 Å². The van der Waals surface area contributed by atoms with Gasteiger partial charge < -0.3 is 20.1 Å². The summed E-state index contributed by atoms with van der Waals surface area (Å²) >= 11 is 0. The highest BCUT2D eigenvalue weighted by Gasteiger charge is 2.38. The van der Waals surface area contributed by atoms with Gasteiger partial charge in [-0.1, -0.05) is 78.9 Å². The van der Waals surface area contributed by atoms with Gasteiger partial charge in [0.25, 0.3) is 0 Å². The molecule has 3 aromatic carbocycles. The van der Waals surface area contributed by atoms with Gasteiger partial charge in [-0.3, -0.25) is 4.79 Å². The first-order valence-electron chi connectivity index (χ1n) is 12.3. The van der Waals surface area contributed by atoms with Crippen LogP contribution < -0.4 is 10.6 Å².